The number of carbonyl (C=O) groups is 1. The highest BCUT2D eigenvalue weighted by atomic mass is 16.5. The number of ether oxygens (including phenoxy) is 2. The predicted octanol–water partition coefficient (Wildman–Crippen LogP) is 0.709. The zero-order valence-corrected chi connectivity index (χ0v) is 9.84. The zero-order valence-electron chi connectivity index (χ0n) is 9.84. The molecule has 0 spiro atoms. The first-order chi connectivity index (χ1) is 8.67. The van der Waals surface area contributed by atoms with Crippen molar-refractivity contribution >= 4 is 12.2 Å². The number of urea groups is 1. The van der Waals surface area contributed by atoms with Gasteiger partial charge in [0, 0.05) is 5.56 Å². The van der Waals surface area contributed by atoms with Gasteiger partial charge in [-0.1, -0.05) is 5.92 Å². The Hall–Kier alpha value is -2.68. The molecule has 0 aliphatic carbocycles. The molecule has 0 aliphatic rings. The molecule has 0 atom stereocenters. The van der Waals surface area contributed by atoms with E-state index in [2.05, 4.69) is 16.4 Å². The van der Waals surface area contributed by atoms with Gasteiger partial charge in [0.15, 0.2) is 0 Å². The maximum atomic E-state index is 10.5. The highest BCUT2D eigenvalue weighted by molar-refractivity contribution is 5.85. The molecule has 6 nitrogen and oxygen atoms in total. The van der Waals surface area contributed by atoms with Crippen LogP contribution in [-0.4, -0.2) is 26.0 Å². The average Bonchev–Trinajstić information content (AvgIpc) is 2.36. The summed E-state index contributed by atoms with van der Waals surface area (Å²) < 4.78 is 10.4. The smallest absolute Gasteiger partial charge is 0.332 e. The molecule has 0 saturated carbocycles. The summed E-state index contributed by atoms with van der Waals surface area (Å²) in [6, 6.07) is 4.37. The van der Waals surface area contributed by atoms with Gasteiger partial charge < -0.3 is 15.2 Å². The van der Waals surface area contributed by atoms with Gasteiger partial charge in [-0.3, -0.25) is 0 Å². The SMILES string of the molecule is C#CCOc1ccc(OC)cc1C=NNC(N)=O. The number of hydrogen-bond donors (Lipinski definition) is 2. The lowest BCUT2D eigenvalue weighted by atomic mass is 10.2. The maximum Gasteiger partial charge on any atom is 0.332 e. The second kappa shape index (κ2) is 6.81. The molecule has 1 rings (SSSR count). The maximum absolute atomic E-state index is 10.5. The number of nitrogens with zero attached hydrogens (tertiary/aromatic N) is 1. The van der Waals surface area contributed by atoms with Crippen molar-refractivity contribution in [2.24, 2.45) is 10.8 Å². The van der Waals surface area contributed by atoms with E-state index >= 15 is 0 Å². The number of terminal acetylenes is 1. The molecule has 0 heterocycles. The first-order valence-corrected chi connectivity index (χ1v) is 5.00. The minimum absolute atomic E-state index is 0.135. The molecule has 0 unspecified atom stereocenters. The van der Waals surface area contributed by atoms with Gasteiger partial charge in [-0.2, -0.15) is 5.10 Å². The molecule has 94 valence electrons. The number of nitrogens with two attached hydrogens (primary N) is 1. The van der Waals surface area contributed by atoms with Crippen molar-refractivity contribution < 1.29 is 14.3 Å². The summed E-state index contributed by atoms with van der Waals surface area (Å²) in [4.78, 5) is 10.5. The Labute approximate surface area is 105 Å². The van der Waals surface area contributed by atoms with Crippen LogP contribution in [0.1, 0.15) is 5.56 Å². The quantitative estimate of drug-likeness (QED) is 0.456. The number of hydrazone groups is 1. The van der Waals surface area contributed by atoms with Crippen molar-refractivity contribution in [3.63, 3.8) is 0 Å². The Balaban J connectivity index is 2.92. The first kappa shape index (κ1) is 13.4. The van der Waals surface area contributed by atoms with E-state index in [1.165, 1.54) is 6.21 Å². The molecular formula is C12H13N3O3. The summed E-state index contributed by atoms with van der Waals surface area (Å²) in [5, 5.41) is 3.65. The number of amides is 2. The van der Waals surface area contributed by atoms with Crippen molar-refractivity contribution in [3.8, 4) is 23.8 Å². The molecule has 0 saturated heterocycles. The Morgan fingerprint density at radius 2 is 2.44 bits per heavy atom. The molecule has 3 N–H and O–H groups in total. The molecule has 6 heteroatoms. The number of hydrogen-bond acceptors (Lipinski definition) is 4. The molecule has 0 fully saturated rings. The van der Waals surface area contributed by atoms with Crippen molar-refractivity contribution in [1.82, 2.24) is 5.43 Å². The van der Waals surface area contributed by atoms with Crippen LogP contribution in [0, 0.1) is 12.3 Å². The Morgan fingerprint density at radius 1 is 1.67 bits per heavy atom. The number of nitrogens with one attached hydrogen (secondary N) is 1. The molecular weight excluding hydrogens is 234 g/mol. The Kier molecular flexibility index (Phi) is 5.06. The van der Waals surface area contributed by atoms with Crippen LogP contribution in [0.15, 0.2) is 23.3 Å². The van der Waals surface area contributed by atoms with E-state index in [1.54, 1.807) is 25.3 Å². The van der Waals surface area contributed by atoms with E-state index in [9.17, 15) is 4.79 Å². The van der Waals surface area contributed by atoms with Gasteiger partial charge in [0.25, 0.3) is 0 Å². The summed E-state index contributed by atoms with van der Waals surface area (Å²) in [5.41, 5.74) is 7.58. The Morgan fingerprint density at radius 3 is 3.06 bits per heavy atom. The molecule has 1 aromatic carbocycles. The normalized spacial score (nSPS) is 9.78. The minimum Gasteiger partial charge on any atom is -0.497 e. The Bertz CT molecular complexity index is 492. The third kappa shape index (κ3) is 4.06. The molecule has 0 bridgehead atoms. The van der Waals surface area contributed by atoms with Crippen LogP contribution < -0.4 is 20.6 Å². The van der Waals surface area contributed by atoms with Crippen molar-refractivity contribution in [2.75, 3.05) is 13.7 Å². The summed E-state index contributed by atoms with van der Waals surface area (Å²) in [6.07, 6.45) is 6.50. The standard InChI is InChI=1S/C12H13N3O3/c1-3-6-18-11-5-4-10(17-2)7-9(11)8-14-15-12(13)16/h1,4-5,7-8H,6H2,2H3,(H3,13,15,16). The van der Waals surface area contributed by atoms with Crippen molar-refractivity contribution in [2.45, 2.75) is 0 Å². The van der Waals surface area contributed by atoms with Crippen LogP contribution in [0.25, 0.3) is 0 Å². The van der Waals surface area contributed by atoms with E-state index in [-0.39, 0.29) is 6.61 Å². The largest absolute Gasteiger partial charge is 0.497 e. The third-order valence-corrected chi connectivity index (χ3v) is 1.91. The lowest BCUT2D eigenvalue weighted by molar-refractivity contribution is 0.249. The highest BCUT2D eigenvalue weighted by Crippen LogP contribution is 2.22. The van der Waals surface area contributed by atoms with E-state index in [0.29, 0.717) is 17.1 Å². The molecule has 0 radical (unpaired) electrons. The zero-order chi connectivity index (χ0) is 13.4. The number of methoxy groups -OCH3 is 1. The second-order valence-corrected chi connectivity index (χ2v) is 3.13. The van der Waals surface area contributed by atoms with Gasteiger partial charge >= 0.3 is 6.03 Å². The topological polar surface area (TPSA) is 85.9 Å². The molecule has 0 aliphatic heterocycles. The van der Waals surface area contributed by atoms with Gasteiger partial charge in [-0.05, 0) is 18.2 Å². The van der Waals surface area contributed by atoms with Crippen LogP contribution in [0.3, 0.4) is 0 Å². The van der Waals surface area contributed by atoms with E-state index in [4.69, 9.17) is 21.6 Å². The summed E-state index contributed by atoms with van der Waals surface area (Å²) in [6.45, 7) is 0.135. The lowest BCUT2D eigenvalue weighted by Crippen LogP contribution is -2.24. The minimum atomic E-state index is -0.750. The summed E-state index contributed by atoms with van der Waals surface area (Å²) in [7, 11) is 1.54. The van der Waals surface area contributed by atoms with Crippen LogP contribution in [0.2, 0.25) is 0 Å². The number of rotatable bonds is 5. The van der Waals surface area contributed by atoms with E-state index in [1.807, 2.05) is 0 Å². The predicted molar refractivity (Wildman–Crippen MR) is 67.6 cm³/mol. The lowest BCUT2D eigenvalue weighted by Gasteiger charge is -2.08. The molecule has 0 aromatic heterocycles. The third-order valence-electron chi connectivity index (χ3n) is 1.91. The summed E-state index contributed by atoms with van der Waals surface area (Å²) in [5.74, 6) is 3.52. The van der Waals surface area contributed by atoms with Crippen molar-refractivity contribution in [3.05, 3.63) is 23.8 Å². The number of primary amides is 1. The van der Waals surface area contributed by atoms with Gasteiger partial charge in [0.05, 0.1) is 13.3 Å². The number of carbonyl (C=O) groups excluding carboxylic acids is 1. The first-order valence-electron chi connectivity index (χ1n) is 5.00. The monoisotopic (exact) mass is 247 g/mol. The van der Waals surface area contributed by atoms with E-state index in [0.717, 1.165) is 0 Å². The van der Waals surface area contributed by atoms with E-state index < -0.39 is 6.03 Å². The van der Waals surface area contributed by atoms with Gasteiger partial charge in [-0.25, -0.2) is 10.2 Å². The van der Waals surface area contributed by atoms with Crippen LogP contribution in [0.5, 0.6) is 11.5 Å². The molecule has 2 amide bonds. The fourth-order valence-electron chi connectivity index (χ4n) is 1.17. The van der Waals surface area contributed by atoms with Crippen LogP contribution in [0.4, 0.5) is 4.79 Å². The van der Waals surface area contributed by atoms with Crippen LogP contribution >= 0.6 is 0 Å². The number of benzene rings is 1. The second-order valence-electron chi connectivity index (χ2n) is 3.13. The van der Waals surface area contributed by atoms with Crippen molar-refractivity contribution in [1.29, 1.82) is 0 Å². The van der Waals surface area contributed by atoms with Crippen LogP contribution in [-0.2, 0) is 0 Å². The summed E-state index contributed by atoms with van der Waals surface area (Å²) >= 11 is 0. The molecule has 18 heavy (non-hydrogen) atoms. The van der Waals surface area contributed by atoms with Gasteiger partial charge in [0.1, 0.15) is 18.1 Å². The average molecular weight is 247 g/mol. The highest BCUT2D eigenvalue weighted by Gasteiger charge is 2.03. The fourth-order valence-corrected chi connectivity index (χ4v) is 1.17. The molecule has 1 aromatic rings. The van der Waals surface area contributed by atoms with Gasteiger partial charge in [0.2, 0.25) is 0 Å². The fraction of sp³-hybridized carbons (Fsp3) is 0.167. The van der Waals surface area contributed by atoms with Gasteiger partial charge in [-0.15, -0.1) is 6.42 Å².